The molecule has 1 fully saturated rings. The third-order valence-corrected chi connectivity index (χ3v) is 4.73. The molecule has 2 aliphatic rings. The molecule has 0 unspecified atom stereocenters. The maximum Gasteiger partial charge on any atom is 0.261 e. The second-order valence-corrected chi connectivity index (χ2v) is 6.59. The molecule has 0 radical (unpaired) electrons. The number of carbonyl (C=O) groups is 2. The van der Waals surface area contributed by atoms with Gasteiger partial charge in [-0.1, -0.05) is 30.3 Å². The minimum Gasteiger partial charge on any atom is -0.349 e. The molecular formula is C19H18N2O3. The van der Waals surface area contributed by atoms with Crippen molar-refractivity contribution in [2.75, 3.05) is 0 Å². The number of carbonyl (C=O) groups excluding carboxylic acids is 2. The molecule has 0 aliphatic heterocycles. The quantitative estimate of drug-likeness (QED) is 0.909. The summed E-state index contributed by atoms with van der Waals surface area (Å²) in [4.78, 5) is 39.7. The van der Waals surface area contributed by atoms with Gasteiger partial charge in [0.25, 0.3) is 11.5 Å². The Labute approximate surface area is 139 Å². The molecule has 1 aromatic heterocycles. The molecule has 5 heteroatoms. The van der Waals surface area contributed by atoms with Gasteiger partial charge >= 0.3 is 0 Å². The molecule has 122 valence electrons. The average Bonchev–Trinajstić information content (AvgIpc) is 3.38. The Morgan fingerprint density at radius 3 is 2.54 bits per heavy atom. The summed E-state index contributed by atoms with van der Waals surface area (Å²) in [6.45, 7) is 0. The van der Waals surface area contributed by atoms with Crippen LogP contribution in [0.2, 0.25) is 0 Å². The molecule has 24 heavy (non-hydrogen) atoms. The van der Waals surface area contributed by atoms with Gasteiger partial charge in [0.2, 0.25) is 0 Å². The molecule has 5 nitrogen and oxygen atoms in total. The first kappa shape index (κ1) is 14.9. The van der Waals surface area contributed by atoms with Crippen LogP contribution in [-0.2, 0) is 6.42 Å². The van der Waals surface area contributed by atoms with Crippen molar-refractivity contribution in [3.8, 4) is 0 Å². The molecule has 4 rings (SSSR count). The number of rotatable bonds is 3. The number of nitrogens with one attached hydrogen (secondary N) is 2. The van der Waals surface area contributed by atoms with Crippen molar-refractivity contribution in [3.63, 3.8) is 0 Å². The normalized spacial score (nSPS) is 19.7. The van der Waals surface area contributed by atoms with Gasteiger partial charge in [0.15, 0.2) is 5.78 Å². The Hall–Kier alpha value is -2.69. The standard InChI is InChI=1S/C19H18N2O3/c22-17-9-12(11-4-2-1-3-5-11)8-16-14(17)10-15(19(24)21-16)18(23)20-13-6-7-13/h1-5,10,12-13H,6-9H2,(H,20,23)(H,21,24)/t12-/m1/s1. The van der Waals surface area contributed by atoms with Gasteiger partial charge in [-0.3, -0.25) is 14.4 Å². The minimum absolute atomic E-state index is 0.0261. The van der Waals surface area contributed by atoms with Gasteiger partial charge in [0.05, 0.1) is 0 Å². The minimum atomic E-state index is -0.423. The lowest BCUT2D eigenvalue weighted by atomic mass is 9.81. The Balaban J connectivity index is 1.66. The van der Waals surface area contributed by atoms with Crippen molar-refractivity contribution < 1.29 is 9.59 Å². The number of Topliss-reactive ketones (excluding diaryl/α,β-unsaturated/α-hetero) is 1. The van der Waals surface area contributed by atoms with E-state index in [2.05, 4.69) is 10.3 Å². The van der Waals surface area contributed by atoms with E-state index in [4.69, 9.17) is 0 Å². The molecule has 2 aromatic rings. The molecule has 1 aromatic carbocycles. The maximum atomic E-state index is 12.5. The van der Waals surface area contributed by atoms with E-state index >= 15 is 0 Å². The lowest BCUT2D eigenvalue weighted by molar-refractivity contribution is 0.0949. The first-order valence-corrected chi connectivity index (χ1v) is 8.27. The third kappa shape index (κ3) is 2.77. The van der Waals surface area contributed by atoms with Crippen molar-refractivity contribution in [1.82, 2.24) is 10.3 Å². The van der Waals surface area contributed by atoms with Crippen LogP contribution in [0, 0.1) is 0 Å². The number of H-pyrrole nitrogens is 1. The predicted molar refractivity (Wildman–Crippen MR) is 89.4 cm³/mol. The third-order valence-electron chi connectivity index (χ3n) is 4.73. The molecule has 0 spiro atoms. The van der Waals surface area contributed by atoms with E-state index in [1.54, 1.807) is 0 Å². The van der Waals surface area contributed by atoms with Crippen LogP contribution in [0.15, 0.2) is 41.2 Å². The smallest absolute Gasteiger partial charge is 0.261 e. The molecular weight excluding hydrogens is 304 g/mol. The molecule has 0 saturated heterocycles. The number of benzene rings is 1. The fourth-order valence-electron chi connectivity index (χ4n) is 3.25. The number of pyridine rings is 1. The van der Waals surface area contributed by atoms with Gasteiger partial charge in [-0.15, -0.1) is 0 Å². The fourth-order valence-corrected chi connectivity index (χ4v) is 3.25. The van der Waals surface area contributed by atoms with Crippen molar-refractivity contribution in [3.05, 3.63) is 69.1 Å². The van der Waals surface area contributed by atoms with Crippen LogP contribution in [0.25, 0.3) is 0 Å². The van der Waals surface area contributed by atoms with E-state index in [1.165, 1.54) is 6.07 Å². The van der Waals surface area contributed by atoms with Gasteiger partial charge < -0.3 is 10.3 Å². The van der Waals surface area contributed by atoms with E-state index in [0.717, 1.165) is 18.4 Å². The second kappa shape index (κ2) is 5.74. The summed E-state index contributed by atoms with van der Waals surface area (Å²) in [7, 11) is 0. The maximum absolute atomic E-state index is 12.5. The van der Waals surface area contributed by atoms with Crippen LogP contribution >= 0.6 is 0 Å². The lowest BCUT2D eigenvalue weighted by Crippen LogP contribution is -2.33. The summed E-state index contributed by atoms with van der Waals surface area (Å²) in [5, 5.41) is 2.80. The highest BCUT2D eigenvalue weighted by Gasteiger charge is 2.30. The summed E-state index contributed by atoms with van der Waals surface area (Å²) in [5.74, 6) is -0.352. The van der Waals surface area contributed by atoms with Crippen molar-refractivity contribution in [2.24, 2.45) is 0 Å². The zero-order valence-corrected chi connectivity index (χ0v) is 13.2. The molecule has 2 aliphatic carbocycles. The topological polar surface area (TPSA) is 79.0 Å². The predicted octanol–water partition coefficient (Wildman–Crippen LogP) is 2.18. The number of fused-ring (bicyclic) bond motifs is 1. The number of aromatic amines is 1. The van der Waals surface area contributed by atoms with Crippen LogP contribution in [0.1, 0.15) is 57.2 Å². The van der Waals surface area contributed by atoms with Gasteiger partial charge in [-0.05, 0) is 36.8 Å². The summed E-state index contributed by atoms with van der Waals surface area (Å²) >= 11 is 0. The zero-order chi connectivity index (χ0) is 16.7. The highest BCUT2D eigenvalue weighted by molar-refractivity contribution is 6.02. The molecule has 2 N–H and O–H groups in total. The molecule has 1 saturated carbocycles. The number of ketones is 1. The van der Waals surface area contributed by atoms with Gasteiger partial charge in [-0.25, -0.2) is 0 Å². The van der Waals surface area contributed by atoms with Crippen molar-refractivity contribution >= 4 is 11.7 Å². The summed E-state index contributed by atoms with van der Waals surface area (Å²) < 4.78 is 0. The molecule has 1 heterocycles. The zero-order valence-electron chi connectivity index (χ0n) is 13.2. The fraction of sp³-hybridized carbons (Fsp3) is 0.316. The van der Waals surface area contributed by atoms with Crippen molar-refractivity contribution in [2.45, 2.75) is 37.6 Å². The van der Waals surface area contributed by atoms with Gasteiger partial charge in [-0.2, -0.15) is 0 Å². The van der Waals surface area contributed by atoms with E-state index in [-0.39, 0.29) is 29.2 Å². The Bertz CT molecular complexity index is 866. The highest BCUT2D eigenvalue weighted by atomic mass is 16.2. The Morgan fingerprint density at radius 1 is 1.08 bits per heavy atom. The number of hydrogen-bond donors (Lipinski definition) is 2. The van der Waals surface area contributed by atoms with Crippen LogP contribution in [0.5, 0.6) is 0 Å². The lowest BCUT2D eigenvalue weighted by Gasteiger charge is -2.24. The van der Waals surface area contributed by atoms with Crippen LogP contribution in [0.3, 0.4) is 0 Å². The van der Waals surface area contributed by atoms with Crippen LogP contribution < -0.4 is 10.9 Å². The van der Waals surface area contributed by atoms with E-state index in [1.807, 2.05) is 30.3 Å². The highest BCUT2D eigenvalue weighted by Crippen LogP contribution is 2.31. The first-order chi connectivity index (χ1) is 11.6. The first-order valence-electron chi connectivity index (χ1n) is 8.27. The largest absolute Gasteiger partial charge is 0.349 e. The van der Waals surface area contributed by atoms with Crippen LogP contribution in [-0.4, -0.2) is 22.7 Å². The average molecular weight is 322 g/mol. The monoisotopic (exact) mass is 322 g/mol. The SMILES string of the molecule is O=C1C[C@H](c2ccccc2)Cc2[nH]c(=O)c(C(=O)NC3CC3)cc21. The molecule has 1 atom stereocenters. The summed E-state index contributed by atoms with van der Waals surface area (Å²) in [5.41, 5.74) is 1.81. The Kier molecular flexibility index (Phi) is 3.56. The van der Waals surface area contributed by atoms with E-state index in [9.17, 15) is 14.4 Å². The van der Waals surface area contributed by atoms with E-state index < -0.39 is 5.56 Å². The van der Waals surface area contributed by atoms with Gasteiger partial charge in [0, 0.05) is 23.7 Å². The van der Waals surface area contributed by atoms with Gasteiger partial charge in [0.1, 0.15) is 5.56 Å². The Morgan fingerprint density at radius 2 is 1.83 bits per heavy atom. The summed E-state index contributed by atoms with van der Waals surface area (Å²) in [6.07, 6.45) is 2.90. The molecule has 1 amide bonds. The van der Waals surface area contributed by atoms with Crippen molar-refractivity contribution in [1.29, 1.82) is 0 Å². The number of amides is 1. The van der Waals surface area contributed by atoms with Crippen LogP contribution in [0.4, 0.5) is 0 Å². The molecule has 0 bridgehead atoms. The second-order valence-electron chi connectivity index (χ2n) is 6.59. The van der Waals surface area contributed by atoms with E-state index in [0.29, 0.717) is 24.1 Å². The number of hydrogen-bond acceptors (Lipinski definition) is 3. The number of aromatic nitrogens is 1. The summed E-state index contributed by atoms with van der Waals surface area (Å²) in [6, 6.07) is 11.5.